The summed E-state index contributed by atoms with van der Waals surface area (Å²) in [6.07, 6.45) is 5.25. The zero-order valence-electron chi connectivity index (χ0n) is 33.1. The fraction of sp³-hybridized carbons (Fsp3) is 0.475. The average Bonchev–Trinajstić information content (AvgIpc) is 4.04. The Bertz CT molecular complexity index is 2040. The summed E-state index contributed by atoms with van der Waals surface area (Å²) in [5, 5.41) is 10.6. The Morgan fingerprint density at radius 1 is 0.772 bits per heavy atom. The number of imidazole rings is 1. The van der Waals surface area contributed by atoms with Crippen LogP contribution in [0.25, 0.3) is 33.2 Å². The number of hydrogen-bond donors (Lipinski definition) is 4. The van der Waals surface area contributed by atoms with Gasteiger partial charge in [-0.15, -0.1) is 0 Å². The minimum Gasteiger partial charge on any atom is -0.453 e. The molecule has 2 aliphatic rings. The van der Waals surface area contributed by atoms with Crippen molar-refractivity contribution in [3.8, 4) is 22.4 Å². The minimum absolute atomic E-state index is 0.189. The van der Waals surface area contributed by atoms with Crippen LogP contribution >= 0.6 is 0 Å². The first kappa shape index (κ1) is 40.8. The molecule has 0 aliphatic carbocycles. The van der Waals surface area contributed by atoms with E-state index in [-0.39, 0.29) is 23.8 Å². The SMILES string of the molecule is COC(=O)N[C@H](C(=O)N1CC[C@H](CNc2ncc(-c3ccc4cc(-c5cnc([C@@H]6CCCN6C(=O)[C@H](NC(=O)OC)[C@@H](C)OC)[nH]5)ccc4c3)cn2)C1)[C@@H](C)OC. The van der Waals surface area contributed by atoms with Crippen molar-refractivity contribution in [2.24, 2.45) is 5.92 Å². The van der Waals surface area contributed by atoms with Crippen LogP contribution in [0.4, 0.5) is 15.5 Å². The van der Waals surface area contributed by atoms with Crippen molar-refractivity contribution in [3.63, 3.8) is 0 Å². The third-order valence-corrected chi connectivity index (χ3v) is 10.9. The second-order valence-corrected chi connectivity index (χ2v) is 14.4. The number of alkyl carbamates (subject to hydrolysis) is 2. The monoisotopic (exact) mass is 785 g/mol. The molecule has 2 aromatic carbocycles. The molecule has 6 rings (SSSR count). The van der Waals surface area contributed by atoms with E-state index in [9.17, 15) is 19.2 Å². The van der Waals surface area contributed by atoms with Crippen LogP contribution in [0.5, 0.6) is 0 Å². The molecule has 2 aromatic heterocycles. The lowest BCUT2D eigenvalue weighted by molar-refractivity contribution is -0.137. The van der Waals surface area contributed by atoms with E-state index in [0.717, 1.165) is 52.4 Å². The molecule has 2 fully saturated rings. The molecular formula is C40H51N9O8. The van der Waals surface area contributed by atoms with Gasteiger partial charge in [0.2, 0.25) is 17.8 Å². The Kier molecular flexibility index (Phi) is 13.2. The summed E-state index contributed by atoms with van der Waals surface area (Å²) in [4.78, 5) is 71.4. The average molecular weight is 786 g/mol. The van der Waals surface area contributed by atoms with Crippen LogP contribution in [-0.2, 0) is 28.5 Å². The highest BCUT2D eigenvalue weighted by Crippen LogP contribution is 2.34. The second kappa shape index (κ2) is 18.4. The molecule has 17 nitrogen and oxygen atoms in total. The number of nitrogens with one attached hydrogen (secondary N) is 4. The Morgan fingerprint density at radius 3 is 2.02 bits per heavy atom. The molecule has 0 unspecified atom stereocenters. The molecule has 2 aliphatic heterocycles. The number of fused-ring (bicyclic) bond motifs is 1. The molecule has 57 heavy (non-hydrogen) atoms. The molecule has 6 atom stereocenters. The van der Waals surface area contributed by atoms with E-state index in [0.29, 0.717) is 38.0 Å². The number of hydrogen-bond acceptors (Lipinski definition) is 12. The van der Waals surface area contributed by atoms with Crippen LogP contribution in [0.15, 0.2) is 55.0 Å². The molecule has 0 radical (unpaired) electrons. The van der Waals surface area contributed by atoms with Gasteiger partial charge in [0.25, 0.3) is 0 Å². The Hall–Kier alpha value is -5.81. The second-order valence-electron chi connectivity index (χ2n) is 14.4. The number of likely N-dealkylation sites (tertiary alicyclic amines) is 2. The molecule has 4 heterocycles. The van der Waals surface area contributed by atoms with Gasteiger partial charge in [-0.05, 0) is 67.5 Å². The summed E-state index contributed by atoms with van der Waals surface area (Å²) >= 11 is 0. The number of carbonyl (C=O) groups excluding carboxylic acids is 4. The molecule has 304 valence electrons. The van der Waals surface area contributed by atoms with Crippen molar-refractivity contribution in [2.45, 2.75) is 63.4 Å². The first-order valence-electron chi connectivity index (χ1n) is 19.0. The van der Waals surface area contributed by atoms with Gasteiger partial charge in [0, 0.05) is 63.9 Å². The van der Waals surface area contributed by atoms with E-state index in [4.69, 9.17) is 18.9 Å². The molecule has 4 amide bonds. The quantitative estimate of drug-likeness (QED) is 0.143. The molecule has 0 spiro atoms. The van der Waals surface area contributed by atoms with Crippen LogP contribution in [0.1, 0.15) is 45.0 Å². The first-order chi connectivity index (χ1) is 27.5. The lowest BCUT2D eigenvalue weighted by Gasteiger charge is -2.30. The van der Waals surface area contributed by atoms with Crippen molar-refractivity contribution in [1.82, 2.24) is 40.4 Å². The fourth-order valence-corrected chi connectivity index (χ4v) is 7.34. The summed E-state index contributed by atoms with van der Waals surface area (Å²) in [5.74, 6) is 0.911. The van der Waals surface area contributed by atoms with Crippen molar-refractivity contribution >= 4 is 40.7 Å². The number of carbonyl (C=O) groups is 4. The third-order valence-electron chi connectivity index (χ3n) is 10.9. The molecule has 17 heteroatoms. The number of aromatic amines is 1. The maximum atomic E-state index is 13.6. The number of H-pyrrole nitrogens is 1. The van der Waals surface area contributed by atoms with Gasteiger partial charge in [-0.3, -0.25) is 9.59 Å². The van der Waals surface area contributed by atoms with Crippen molar-refractivity contribution < 1.29 is 38.1 Å². The number of amides is 4. The zero-order chi connectivity index (χ0) is 40.6. The molecule has 0 saturated carbocycles. The number of nitrogens with zero attached hydrogens (tertiary/aromatic N) is 5. The molecule has 4 N–H and O–H groups in total. The van der Waals surface area contributed by atoms with Crippen LogP contribution in [0.3, 0.4) is 0 Å². The van der Waals surface area contributed by atoms with E-state index in [1.807, 2.05) is 12.1 Å². The van der Waals surface area contributed by atoms with Crippen molar-refractivity contribution in [1.29, 1.82) is 0 Å². The molecule has 4 aromatic rings. The van der Waals surface area contributed by atoms with Crippen LogP contribution < -0.4 is 16.0 Å². The molecular weight excluding hydrogens is 734 g/mol. The van der Waals surface area contributed by atoms with Crippen molar-refractivity contribution in [3.05, 3.63) is 60.8 Å². The standard InChI is InChI=1S/C40H51N9O8/c1-23(54-3)33(46-39(52)56-5)36(50)48-15-13-25(22-48)18-42-38-43-19-30(20-44-38)28-10-9-27-17-29(12-11-26(27)16-28)31-21-41-35(45-31)32-8-7-14-49(32)37(51)34(24(2)55-4)47-40(53)57-6/h9-12,16-17,19-21,23-25,32-34H,7-8,13-15,18,22H2,1-6H3,(H,41,45)(H,46,52)(H,47,53)(H,42,43,44)/t23-,24-,25-,32+,33+,34-/m1/s1. The smallest absolute Gasteiger partial charge is 0.407 e. The van der Waals surface area contributed by atoms with E-state index >= 15 is 0 Å². The topological polar surface area (TPSA) is 202 Å². The number of ether oxygens (including phenoxy) is 4. The van der Waals surface area contributed by atoms with Gasteiger partial charge in [0.15, 0.2) is 0 Å². The van der Waals surface area contributed by atoms with Crippen LogP contribution in [-0.4, -0.2) is 133 Å². The van der Waals surface area contributed by atoms with Gasteiger partial charge in [-0.25, -0.2) is 24.5 Å². The van der Waals surface area contributed by atoms with E-state index < -0.39 is 36.5 Å². The number of rotatable bonds is 14. The summed E-state index contributed by atoms with van der Waals surface area (Å²) in [5.41, 5.74) is 3.64. The predicted octanol–water partition coefficient (Wildman–Crippen LogP) is 4.13. The normalized spacial score (nSPS) is 18.8. The van der Waals surface area contributed by atoms with Gasteiger partial charge in [-0.2, -0.15) is 0 Å². The van der Waals surface area contributed by atoms with Gasteiger partial charge >= 0.3 is 12.2 Å². The lowest BCUT2D eigenvalue weighted by atomic mass is 10.0. The fourth-order valence-electron chi connectivity index (χ4n) is 7.34. The van der Waals surface area contributed by atoms with E-state index in [2.05, 4.69) is 60.2 Å². The summed E-state index contributed by atoms with van der Waals surface area (Å²) in [6.45, 7) is 5.70. The summed E-state index contributed by atoms with van der Waals surface area (Å²) in [7, 11) is 5.50. The molecule has 2 saturated heterocycles. The predicted molar refractivity (Wildman–Crippen MR) is 211 cm³/mol. The number of benzene rings is 2. The maximum Gasteiger partial charge on any atom is 0.407 e. The summed E-state index contributed by atoms with van der Waals surface area (Å²) in [6, 6.07) is 10.4. The van der Waals surface area contributed by atoms with E-state index in [1.165, 1.54) is 28.4 Å². The largest absolute Gasteiger partial charge is 0.453 e. The maximum absolute atomic E-state index is 13.6. The van der Waals surface area contributed by atoms with Gasteiger partial charge in [-0.1, -0.05) is 24.3 Å². The number of aromatic nitrogens is 4. The highest BCUT2D eigenvalue weighted by molar-refractivity contribution is 5.91. The minimum atomic E-state index is -0.900. The van der Waals surface area contributed by atoms with Gasteiger partial charge in [0.1, 0.15) is 17.9 Å². The number of methoxy groups -OCH3 is 4. The van der Waals surface area contributed by atoms with Crippen LogP contribution in [0.2, 0.25) is 0 Å². The lowest BCUT2D eigenvalue weighted by Crippen LogP contribution is -2.54. The zero-order valence-corrected chi connectivity index (χ0v) is 33.1. The Labute approximate surface area is 331 Å². The van der Waals surface area contributed by atoms with E-state index in [1.54, 1.807) is 42.2 Å². The first-order valence-corrected chi connectivity index (χ1v) is 19.0. The summed E-state index contributed by atoms with van der Waals surface area (Å²) < 4.78 is 20.2. The Morgan fingerprint density at radius 2 is 1.39 bits per heavy atom. The Balaban J connectivity index is 1.06. The third kappa shape index (κ3) is 9.43. The highest BCUT2D eigenvalue weighted by Gasteiger charge is 2.39. The van der Waals surface area contributed by atoms with Gasteiger partial charge in [0.05, 0.1) is 44.4 Å². The van der Waals surface area contributed by atoms with Crippen molar-refractivity contribution in [2.75, 3.05) is 59.9 Å². The van der Waals surface area contributed by atoms with Gasteiger partial charge < -0.3 is 49.7 Å². The van der Waals surface area contributed by atoms with Crippen LogP contribution in [0, 0.1) is 5.92 Å². The highest BCUT2D eigenvalue weighted by atomic mass is 16.5. The molecule has 0 bridgehead atoms. The number of anilines is 1.